The molecule has 0 heterocycles. The summed E-state index contributed by atoms with van der Waals surface area (Å²) in [5.41, 5.74) is 11.2. The molecule has 0 aliphatic carbocycles. The van der Waals surface area contributed by atoms with Crippen LogP contribution in [0.25, 0.3) is 22.3 Å². The Balaban J connectivity index is 1.63. The first-order valence-corrected chi connectivity index (χ1v) is 8.58. The summed E-state index contributed by atoms with van der Waals surface area (Å²) in [5, 5.41) is 0. The lowest BCUT2D eigenvalue weighted by molar-refractivity contribution is 0.483. The first-order chi connectivity index (χ1) is 12.8. The maximum atomic E-state index is 5.88. The summed E-state index contributed by atoms with van der Waals surface area (Å²) in [6, 6.07) is 34.5. The van der Waals surface area contributed by atoms with Gasteiger partial charge in [0, 0.05) is 5.69 Å². The van der Waals surface area contributed by atoms with Crippen molar-refractivity contribution in [2.75, 3.05) is 5.73 Å². The van der Waals surface area contributed by atoms with E-state index in [2.05, 4.69) is 60.7 Å². The molecule has 2 heteroatoms. The van der Waals surface area contributed by atoms with Gasteiger partial charge in [-0.3, -0.25) is 0 Å². The van der Waals surface area contributed by atoms with Crippen molar-refractivity contribution < 1.29 is 4.74 Å². The maximum absolute atomic E-state index is 5.88. The lowest BCUT2D eigenvalue weighted by Gasteiger charge is -2.11. The first kappa shape index (κ1) is 16.0. The Morgan fingerprint density at radius 2 is 0.923 bits per heavy atom. The number of ether oxygens (including phenoxy) is 1. The average Bonchev–Trinajstić information content (AvgIpc) is 2.71. The fourth-order valence-electron chi connectivity index (χ4n) is 2.98. The molecule has 2 nitrogen and oxygen atoms in total. The van der Waals surface area contributed by atoms with E-state index in [1.807, 2.05) is 42.5 Å². The van der Waals surface area contributed by atoms with Crippen LogP contribution in [0.1, 0.15) is 0 Å². The summed E-state index contributed by atoms with van der Waals surface area (Å²) in [4.78, 5) is 0. The molecule has 0 saturated heterocycles. The van der Waals surface area contributed by atoms with Gasteiger partial charge >= 0.3 is 0 Å². The summed E-state index contributed by atoms with van der Waals surface area (Å²) in [6.45, 7) is 0. The van der Waals surface area contributed by atoms with Gasteiger partial charge in [-0.05, 0) is 58.7 Å². The number of rotatable bonds is 4. The van der Waals surface area contributed by atoms with Crippen LogP contribution in [0.15, 0.2) is 103 Å². The van der Waals surface area contributed by atoms with Crippen molar-refractivity contribution in [2.24, 2.45) is 0 Å². The highest BCUT2D eigenvalue weighted by atomic mass is 16.5. The Labute approximate surface area is 153 Å². The minimum absolute atomic E-state index is 0.727. The standard InChI is InChI=1S/C24H19NO/c25-20-12-16-22(17-13-20)26-21-14-10-19(11-15-21)24-9-5-4-8-23(24)18-6-2-1-3-7-18/h1-17H,25H2. The zero-order valence-electron chi connectivity index (χ0n) is 14.3. The quantitative estimate of drug-likeness (QED) is 0.438. The Hall–Kier alpha value is -3.52. The van der Waals surface area contributed by atoms with E-state index in [4.69, 9.17) is 10.5 Å². The van der Waals surface area contributed by atoms with Gasteiger partial charge in [-0.2, -0.15) is 0 Å². The molecular weight excluding hydrogens is 318 g/mol. The van der Waals surface area contributed by atoms with Crippen molar-refractivity contribution >= 4 is 5.69 Å². The van der Waals surface area contributed by atoms with E-state index in [9.17, 15) is 0 Å². The molecule has 0 bridgehead atoms. The van der Waals surface area contributed by atoms with Gasteiger partial charge in [-0.15, -0.1) is 0 Å². The van der Waals surface area contributed by atoms with Crippen LogP contribution >= 0.6 is 0 Å². The van der Waals surface area contributed by atoms with Crippen LogP contribution in [-0.2, 0) is 0 Å². The molecule has 4 aromatic rings. The van der Waals surface area contributed by atoms with Crippen LogP contribution in [0.2, 0.25) is 0 Å². The molecule has 2 N–H and O–H groups in total. The van der Waals surface area contributed by atoms with E-state index >= 15 is 0 Å². The molecule has 0 spiro atoms. The molecule has 4 rings (SSSR count). The van der Waals surface area contributed by atoms with Gasteiger partial charge in [-0.25, -0.2) is 0 Å². The van der Waals surface area contributed by atoms with Crippen molar-refractivity contribution in [3.8, 4) is 33.8 Å². The van der Waals surface area contributed by atoms with Crippen LogP contribution in [0.4, 0.5) is 5.69 Å². The van der Waals surface area contributed by atoms with Gasteiger partial charge in [0.15, 0.2) is 0 Å². The van der Waals surface area contributed by atoms with E-state index in [0.29, 0.717) is 0 Å². The zero-order chi connectivity index (χ0) is 17.8. The number of nitrogens with two attached hydrogens (primary N) is 1. The molecule has 26 heavy (non-hydrogen) atoms. The third-order valence-electron chi connectivity index (χ3n) is 4.29. The van der Waals surface area contributed by atoms with Gasteiger partial charge in [0.25, 0.3) is 0 Å². The predicted octanol–water partition coefficient (Wildman–Crippen LogP) is 6.40. The topological polar surface area (TPSA) is 35.2 Å². The van der Waals surface area contributed by atoms with Gasteiger partial charge in [-0.1, -0.05) is 66.7 Å². The van der Waals surface area contributed by atoms with E-state index in [1.54, 1.807) is 0 Å². The predicted molar refractivity (Wildman–Crippen MR) is 108 cm³/mol. The van der Waals surface area contributed by atoms with Crippen LogP contribution in [0.3, 0.4) is 0 Å². The molecule has 0 fully saturated rings. The molecule has 4 aromatic carbocycles. The highest BCUT2D eigenvalue weighted by Crippen LogP contribution is 2.33. The minimum Gasteiger partial charge on any atom is -0.457 e. The SMILES string of the molecule is Nc1ccc(Oc2ccc(-c3ccccc3-c3ccccc3)cc2)cc1. The monoisotopic (exact) mass is 337 g/mol. The van der Waals surface area contributed by atoms with E-state index in [-0.39, 0.29) is 0 Å². The van der Waals surface area contributed by atoms with Crippen LogP contribution in [-0.4, -0.2) is 0 Å². The van der Waals surface area contributed by atoms with Crippen molar-refractivity contribution in [2.45, 2.75) is 0 Å². The second-order valence-electron chi connectivity index (χ2n) is 6.11. The summed E-state index contributed by atoms with van der Waals surface area (Å²) in [6.07, 6.45) is 0. The summed E-state index contributed by atoms with van der Waals surface area (Å²) < 4.78 is 5.88. The molecule has 126 valence electrons. The van der Waals surface area contributed by atoms with Gasteiger partial charge in [0.05, 0.1) is 0 Å². The Morgan fingerprint density at radius 3 is 1.50 bits per heavy atom. The fraction of sp³-hybridized carbons (Fsp3) is 0. The van der Waals surface area contributed by atoms with Crippen molar-refractivity contribution in [1.29, 1.82) is 0 Å². The Morgan fingerprint density at radius 1 is 0.462 bits per heavy atom. The van der Waals surface area contributed by atoms with Crippen molar-refractivity contribution in [3.63, 3.8) is 0 Å². The van der Waals surface area contributed by atoms with E-state index in [0.717, 1.165) is 22.7 Å². The maximum Gasteiger partial charge on any atom is 0.127 e. The van der Waals surface area contributed by atoms with E-state index in [1.165, 1.54) is 16.7 Å². The highest BCUT2D eigenvalue weighted by Gasteiger charge is 2.07. The molecule has 0 unspecified atom stereocenters. The van der Waals surface area contributed by atoms with Crippen molar-refractivity contribution in [3.05, 3.63) is 103 Å². The molecular formula is C24H19NO. The number of anilines is 1. The molecule has 0 amide bonds. The molecule has 0 radical (unpaired) electrons. The van der Waals surface area contributed by atoms with E-state index < -0.39 is 0 Å². The number of hydrogen-bond acceptors (Lipinski definition) is 2. The average molecular weight is 337 g/mol. The second-order valence-corrected chi connectivity index (χ2v) is 6.11. The first-order valence-electron chi connectivity index (χ1n) is 8.58. The molecule has 0 aliphatic heterocycles. The second kappa shape index (κ2) is 7.16. The Bertz CT molecular complexity index is 990. The Kier molecular flexibility index (Phi) is 4.40. The molecule has 0 aromatic heterocycles. The van der Waals surface area contributed by atoms with Gasteiger partial charge in [0.1, 0.15) is 11.5 Å². The zero-order valence-corrected chi connectivity index (χ0v) is 14.3. The third kappa shape index (κ3) is 3.45. The van der Waals surface area contributed by atoms with Crippen LogP contribution in [0, 0.1) is 0 Å². The number of benzene rings is 4. The molecule has 0 aliphatic rings. The lowest BCUT2D eigenvalue weighted by atomic mass is 9.95. The van der Waals surface area contributed by atoms with Crippen LogP contribution in [0.5, 0.6) is 11.5 Å². The van der Waals surface area contributed by atoms with Crippen LogP contribution < -0.4 is 10.5 Å². The van der Waals surface area contributed by atoms with Gasteiger partial charge in [0.2, 0.25) is 0 Å². The fourth-order valence-corrected chi connectivity index (χ4v) is 2.98. The van der Waals surface area contributed by atoms with Crippen molar-refractivity contribution in [1.82, 2.24) is 0 Å². The largest absolute Gasteiger partial charge is 0.457 e. The number of hydrogen-bond donors (Lipinski definition) is 1. The summed E-state index contributed by atoms with van der Waals surface area (Å²) >= 11 is 0. The third-order valence-corrected chi connectivity index (χ3v) is 4.29. The number of nitrogen functional groups attached to an aromatic ring is 1. The normalized spacial score (nSPS) is 10.5. The summed E-state index contributed by atoms with van der Waals surface area (Å²) in [5.74, 6) is 1.58. The minimum atomic E-state index is 0.727. The summed E-state index contributed by atoms with van der Waals surface area (Å²) in [7, 11) is 0. The van der Waals surface area contributed by atoms with Gasteiger partial charge < -0.3 is 10.5 Å². The highest BCUT2D eigenvalue weighted by molar-refractivity contribution is 5.83. The lowest BCUT2D eigenvalue weighted by Crippen LogP contribution is -1.88. The molecule has 0 saturated carbocycles. The smallest absolute Gasteiger partial charge is 0.127 e. The molecule has 0 atom stereocenters.